The van der Waals surface area contributed by atoms with Gasteiger partial charge >= 0.3 is 5.97 Å². The predicted molar refractivity (Wildman–Crippen MR) is 135 cm³/mol. The smallest absolute Gasteiger partial charge is 0.344 e. The van der Waals surface area contributed by atoms with Crippen molar-refractivity contribution in [3.05, 3.63) is 65.2 Å². The van der Waals surface area contributed by atoms with Gasteiger partial charge in [-0.05, 0) is 56.2 Å². The third-order valence-corrected chi connectivity index (χ3v) is 11.8. The first-order valence-electron chi connectivity index (χ1n) is 11.9. The van der Waals surface area contributed by atoms with Gasteiger partial charge in [0.2, 0.25) is 0 Å². The molecule has 2 aromatic rings. The van der Waals surface area contributed by atoms with Gasteiger partial charge in [-0.25, -0.2) is 4.79 Å². The first-order chi connectivity index (χ1) is 15.4. The molecule has 5 heteroatoms. The molecule has 0 spiro atoms. The fourth-order valence-electron chi connectivity index (χ4n) is 4.91. The van der Waals surface area contributed by atoms with E-state index in [4.69, 9.17) is 4.74 Å². The van der Waals surface area contributed by atoms with Crippen LogP contribution in [0.1, 0.15) is 55.7 Å². The first kappa shape index (κ1) is 24.5. The fourth-order valence-corrected chi connectivity index (χ4v) is 9.97. The van der Waals surface area contributed by atoms with E-state index < -0.39 is 7.26 Å². The third kappa shape index (κ3) is 6.19. The van der Waals surface area contributed by atoms with Crippen LogP contribution in [-0.2, 0) is 20.9 Å². The number of para-hydroxylation sites is 1. The van der Waals surface area contributed by atoms with E-state index in [9.17, 15) is 9.59 Å². The molecule has 1 amide bonds. The van der Waals surface area contributed by atoms with Gasteiger partial charge < -0.3 is 10.1 Å². The lowest BCUT2D eigenvalue weighted by atomic mass is 10.1. The monoisotopic (exact) mass is 454 g/mol. The van der Waals surface area contributed by atoms with Gasteiger partial charge in [-0.3, -0.25) is 4.79 Å². The minimum atomic E-state index is -1.80. The largest absolute Gasteiger partial charge is 0.458 e. The van der Waals surface area contributed by atoms with Crippen LogP contribution in [0.4, 0.5) is 5.69 Å². The number of amides is 1. The molecule has 1 unspecified atom stereocenters. The Balaban J connectivity index is 1.78. The van der Waals surface area contributed by atoms with Crippen molar-refractivity contribution < 1.29 is 14.3 Å². The van der Waals surface area contributed by atoms with Gasteiger partial charge in [0.15, 0.2) is 6.16 Å². The van der Waals surface area contributed by atoms with Crippen molar-refractivity contribution in [3.8, 4) is 0 Å². The molecular weight excluding hydrogens is 417 g/mol. The maximum absolute atomic E-state index is 13.6. The Morgan fingerprint density at radius 3 is 2.25 bits per heavy atom. The maximum Gasteiger partial charge on any atom is 0.344 e. The van der Waals surface area contributed by atoms with Crippen molar-refractivity contribution in [1.29, 1.82) is 0 Å². The van der Waals surface area contributed by atoms with Gasteiger partial charge in [-0.15, -0.1) is 0 Å². The summed E-state index contributed by atoms with van der Waals surface area (Å²) in [6.45, 7) is 6.49. The molecule has 1 heterocycles. The molecule has 1 aliphatic rings. The van der Waals surface area contributed by atoms with Crippen LogP contribution in [0, 0.1) is 13.8 Å². The van der Waals surface area contributed by atoms with Gasteiger partial charge in [0.25, 0.3) is 5.91 Å². The number of anilines is 1. The van der Waals surface area contributed by atoms with Gasteiger partial charge in [-0.1, -0.05) is 61.9 Å². The predicted octanol–water partition coefficient (Wildman–Crippen LogP) is 6.36. The molecule has 1 fully saturated rings. The van der Waals surface area contributed by atoms with Crippen molar-refractivity contribution >= 4 is 24.8 Å². The molecule has 0 bridgehead atoms. The van der Waals surface area contributed by atoms with Crippen LogP contribution < -0.4 is 5.32 Å². The lowest BCUT2D eigenvalue weighted by Gasteiger charge is -2.36. The highest BCUT2D eigenvalue weighted by molar-refractivity contribution is 7.78. The summed E-state index contributed by atoms with van der Waals surface area (Å²) in [5.74, 6) is -0.0552. The molecule has 2 aromatic carbocycles. The van der Waals surface area contributed by atoms with Crippen LogP contribution in [0.3, 0.4) is 0 Å². The molecule has 1 saturated heterocycles. The molecule has 1 aliphatic heterocycles. The zero-order chi connectivity index (χ0) is 23.0. The lowest BCUT2D eigenvalue weighted by molar-refractivity contribution is -0.141. The van der Waals surface area contributed by atoms with Crippen molar-refractivity contribution in [2.75, 3.05) is 23.8 Å². The van der Waals surface area contributed by atoms with E-state index in [1.54, 1.807) is 0 Å². The summed E-state index contributed by atoms with van der Waals surface area (Å²) in [5.41, 5.74) is 3.98. The second-order valence-corrected chi connectivity index (χ2v) is 13.4. The summed E-state index contributed by atoms with van der Waals surface area (Å²) >= 11 is 0. The van der Waals surface area contributed by atoms with Crippen LogP contribution in [0.5, 0.6) is 0 Å². The Morgan fingerprint density at radius 1 is 0.969 bits per heavy atom. The highest BCUT2D eigenvalue weighted by atomic mass is 31.2. The molecular formula is C27H37NO3P+. The summed E-state index contributed by atoms with van der Waals surface area (Å²) in [6.07, 6.45) is 7.62. The molecule has 4 nitrogen and oxygen atoms in total. The average Bonchev–Trinajstić information content (AvgIpc) is 2.80. The zero-order valence-corrected chi connectivity index (χ0v) is 20.6. The number of benzene rings is 2. The number of carbonyl (C=O) groups excluding carboxylic acids is 2. The van der Waals surface area contributed by atoms with Crippen LogP contribution in [0.25, 0.3) is 0 Å². The van der Waals surface area contributed by atoms with E-state index in [0.29, 0.717) is 12.8 Å². The number of carbonyl (C=O) groups is 2. The standard InChI is InChI=1S/C27H36NO3P/c1-4-12-24(27(30)28-26-21(2)13-11-14-22(26)3)32(17-9-6-10-18-32)20-25(29)31-19-23-15-7-5-8-16-23/h5,7-8,11,13-16,24H,4,6,9-10,12,17-20H2,1-3H3/p+1. The third-order valence-electron chi connectivity index (χ3n) is 6.65. The molecule has 0 saturated carbocycles. The molecule has 0 radical (unpaired) electrons. The SMILES string of the molecule is CCCC(C(=O)Nc1c(C)cccc1C)[P+]1(CC(=O)OCc2ccccc2)CCCCC1. The fraction of sp³-hybridized carbons (Fsp3) is 0.481. The Hall–Kier alpha value is -2.19. The molecule has 0 aromatic heterocycles. The Kier molecular flexibility index (Phi) is 8.87. The quantitative estimate of drug-likeness (QED) is 0.354. The Labute approximate surface area is 193 Å². The van der Waals surface area contributed by atoms with Crippen LogP contribution >= 0.6 is 7.26 Å². The van der Waals surface area contributed by atoms with E-state index in [1.165, 1.54) is 6.42 Å². The highest BCUT2D eigenvalue weighted by Crippen LogP contribution is 2.67. The Bertz CT molecular complexity index is 886. The van der Waals surface area contributed by atoms with Crippen molar-refractivity contribution in [2.45, 2.75) is 65.1 Å². The van der Waals surface area contributed by atoms with Crippen LogP contribution in [0.2, 0.25) is 0 Å². The van der Waals surface area contributed by atoms with Gasteiger partial charge in [-0.2, -0.15) is 0 Å². The normalized spacial score (nSPS) is 16.2. The highest BCUT2D eigenvalue weighted by Gasteiger charge is 2.51. The Morgan fingerprint density at radius 2 is 1.62 bits per heavy atom. The molecule has 3 rings (SSSR count). The van der Waals surface area contributed by atoms with Crippen LogP contribution in [0.15, 0.2) is 48.5 Å². The molecule has 32 heavy (non-hydrogen) atoms. The van der Waals surface area contributed by atoms with Gasteiger partial charge in [0, 0.05) is 12.9 Å². The maximum atomic E-state index is 13.6. The number of hydrogen-bond acceptors (Lipinski definition) is 3. The van der Waals surface area contributed by atoms with Crippen molar-refractivity contribution in [2.24, 2.45) is 0 Å². The second kappa shape index (κ2) is 11.6. The summed E-state index contributed by atoms with van der Waals surface area (Å²) in [5, 5.41) is 3.25. The van der Waals surface area contributed by atoms with E-state index in [-0.39, 0.29) is 17.5 Å². The van der Waals surface area contributed by atoms with E-state index in [2.05, 4.69) is 12.2 Å². The zero-order valence-electron chi connectivity index (χ0n) is 19.7. The summed E-state index contributed by atoms with van der Waals surface area (Å²) in [4.78, 5) is 26.6. The number of hydrogen-bond donors (Lipinski definition) is 1. The number of aryl methyl sites for hydroxylation is 2. The topological polar surface area (TPSA) is 55.4 Å². The average molecular weight is 455 g/mol. The minimum absolute atomic E-state index is 0.0870. The van der Waals surface area contributed by atoms with E-state index in [0.717, 1.165) is 60.4 Å². The summed E-state index contributed by atoms with van der Waals surface area (Å²) in [6, 6.07) is 15.9. The number of esters is 1. The van der Waals surface area contributed by atoms with E-state index in [1.807, 2.05) is 62.4 Å². The van der Waals surface area contributed by atoms with Crippen molar-refractivity contribution in [3.63, 3.8) is 0 Å². The number of nitrogens with one attached hydrogen (secondary N) is 1. The van der Waals surface area contributed by atoms with Crippen LogP contribution in [-0.4, -0.2) is 36.0 Å². The molecule has 0 aliphatic carbocycles. The summed E-state index contributed by atoms with van der Waals surface area (Å²) in [7, 11) is -1.80. The van der Waals surface area contributed by atoms with Gasteiger partial charge in [0.05, 0.1) is 12.3 Å². The van der Waals surface area contributed by atoms with Gasteiger partial charge in [0.1, 0.15) is 12.3 Å². The minimum Gasteiger partial charge on any atom is -0.458 e. The molecule has 172 valence electrons. The van der Waals surface area contributed by atoms with Crippen molar-refractivity contribution in [1.82, 2.24) is 0 Å². The second-order valence-electron chi connectivity index (χ2n) is 9.09. The first-order valence-corrected chi connectivity index (χ1v) is 14.3. The molecule has 1 N–H and O–H groups in total. The summed E-state index contributed by atoms with van der Waals surface area (Å²) < 4.78 is 5.68. The number of rotatable bonds is 9. The number of ether oxygens (including phenoxy) is 1. The van der Waals surface area contributed by atoms with E-state index >= 15 is 0 Å². The molecule has 1 atom stereocenters. The lowest BCUT2D eigenvalue weighted by Crippen LogP contribution is -2.37.